The zero-order valence-electron chi connectivity index (χ0n) is 11.6. The third-order valence-electron chi connectivity index (χ3n) is 3.30. The molecule has 1 amide bonds. The van der Waals surface area contributed by atoms with E-state index in [0.29, 0.717) is 5.57 Å². The van der Waals surface area contributed by atoms with E-state index in [2.05, 4.69) is 23.5 Å². The second-order valence-corrected chi connectivity index (χ2v) is 5.09. The molecule has 20 heavy (non-hydrogen) atoms. The van der Waals surface area contributed by atoms with E-state index in [-0.39, 0.29) is 5.91 Å². The zero-order chi connectivity index (χ0) is 14.1. The minimum absolute atomic E-state index is 0.0427. The van der Waals surface area contributed by atoms with Gasteiger partial charge in [-0.15, -0.1) is 0 Å². The third-order valence-corrected chi connectivity index (χ3v) is 3.30. The topological polar surface area (TPSA) is 32.3 Å². The van der Waals surface area contributed by atoms with E-state index in [1.165, 1.54) is 0 Å². The van der Waals surface area contributed by atoms with Crippen molar-refractivity contribution in [1.82, 2.24) is 4.90 Å². The highest BCUT2D eigenvalue weighted by molar-refractivity contribution is 6.31. The quantitative estimate of drug-likeness (QED) is 0.845. The molecule has 0 unspecified atom stereocenters. The minimum atomic E-state index is -0.0427. The monoisotopic (exact) mass is 264 g/mol. The Morgan fingerprint density at radius 3 is 2.45 bits per heavy atom. The molecule has 3 heteroatoms. The molecule has 0 fully saturated rings. The molecule has 1 aliphatic rings. The maximum Gasteiger partial charge on any atom is 0.257 e. The van der Waals surface area contributed by atoms with Gasteiger partial charge in [-0.05, 0) is 17.2 Å². The number of nitrogens with one attached hydrogen (secondary N) is 1. The number of fused-ring (bicyclic) bond motifs is 1. The number of carbonyl (C=O) groups excluding carboxylic acids is 1. The van der Waals surface area contributed by atoms with Crippen molar-refractivity contribution in [3.8, 4) is 11.1 Å². The molecule has 2 aromatic carbocycles. The summed E-state index contributed by atoms with van der Waals surface area (Å²) in [4.78, 5) is 13.9. The average molecular weight is 264 g/mol. The Hall–Kier alpha value is -2.55. The largest absolute Gasteiger partial charge is 0.383 e. The molecule has 3 rings (SSSR count). The van der Waals surface area contributed by atoms with Gasteiger partial charge in [0.15, 0.2) is 0 Å². The number of hydrogen-bond acceptors (Lipinski definition) is 2. The van der Waals surface area contributed by atoms with Crippen LogP contribution in [0.3, 0.4) is 0 Å². The maximum atomic E-state index is 12.0. The molecule has 0 aromatic heterocycles. The van der Waals surface area contributed by atoms with Crippen molar-refractivity contribution >= 4 is 17.2 Å². The Morgan fingerprint density at radius 1 is 1.00 bits per heavy atom. The van der Waals surface area contributed by atoms with Crippen molar-refractivity contribution in [2.45, 2.75) is 0 Å². The summed E-state index contributed by atoms with van der Waals surface area (Å²) in [6.45, 7) is 0. The molecule has 3 nitrogen and oxygen atoms in total. The smallest absolute Gasteiger partial charge is 0.257 e. The maximum absolute atomic E-state index is 12.0. The summed E-state index contributed by atoms with van der Waals surface area (Å²) in [5, 5.41) is 2.93. The van der Waals surface area contributed by atoms with E-state index in [9.17, 15) is 4.79 Å². The second kappa shape index (κ2) is 4.85. The first kappa shape index (κ1) is 12.5. The van der Waals surface area contributed by atoms with Crippen molar-refractivity contribution in [3.63, 3.8) is 0 Å². The van der Waals surface area contributed by atoms with Gasteiger partial charge in [0.1, 0.15) is 0 Å². The molecule has 100 valence electrons. The van der Waals surface area contributed by atoms with Crippen LogP contribution in [-0.4, -0.2) is 24.9 Å². The van der Waals surface area contributed by atoms with Crippen molar-refractivity contribution < 1.29 is 4.79 Å². The van der Waals surface area contributed by atoms with E-state index in [0.717, 1.165) is 22.4 Å². The van der Waals surface area contributed by atoms with Gasteiger partial charge in [0.25, 0.3) is 5.91 Å². The van der Waals surface area contributed by atoms with Crippen LogP contribution in [0.2, 0.25) is 0 Å². The molecule has 2 aromatic rings. The standard InChI is InChI=1S/C17H16N2O/c1-19(2)11-15-14-9-8-13(10-16(14)18-17(15)20)12-6-4-3-5-7-12/h3-11H,1-2H3,(H,18,20). The number of benzene rings is 2. The fourth-order valence-electron chi connectivity index (χ4n) is 2.39. The summed E-state index contributed by atoms with van der Waals surface area (Å²) >= 11 is 0. The van der Waals surface area contributed by atoms with Gasteiger partial charge in [-0.25, -0.2) is 0 Å². The lowest BCUT2D eigenvalue weighted by molar-refractivity contribution is -0.110. The Labute approximate surface area is 118 Å². The molecule has 1 aliphatic heterocycles. The van der Waals surface area contributed by atoms with E-state index in [4.69, 9.17) is 0 Å². The van der Waals surface area contributed by atoms with E-state index >= 15 is 0 Å². The SMILES string of the molecule is CN(C)C=C1C(=O)Nc2cc(-c3ccccc3)ccc21. The van der Waals surface area contributed by atoms with Gasteiger partial charge in [0, 0.05) is 31.5 Å². The predicted molar refractivity (Wildman–Crippen MR) is 82.2 cm³/mol. The lowest BCUT2D eigenvalue weighted by Crippen LogP contribution is -2.08. The van der Waals surface area contributed by atoms with Gasteiger partial charge in [-0.2, -0.15) is 0 Å². The molecule has 1 N–H and O–H groups in total. The predicted octanol–water partition coefficient (Wildman–Crippen LogP) is 3.21. The van der Waals surface area contributed by atoms with Crippen molar-refractivity contribution in [1.29, 1.82) is 0 Å². The highest BCUT2D eigenvalue weighted by Crippen LogP contribution is 2.35. The summed E-state index contributed by atoms with van der Waals surface area (Å²) in [5.74, 6) is -0.0427. The van der Waals surface area contributed by atoms with Crippen LogP contribution in [-0.2, 0) is 4.79 Å². The van der Waals surface area contributed by atoms with Gasteiger partial charge >= 0.3 is 0 Å². The van der Waals surface area contributed by atoms with Gasteiger partial charge in [-0.3, -0.25) is 4.79 Å². The number of nitrogens with zero attached hydrogens (tertiary/aromatic N) is 1. The Balaban J connectivity index is 2.05. The fraction of sp³-hybridized carbons (Fsp3) is 0.118. The zero-order valence-corrected chi connectivity index (χ0v) is 11.6. The van der Waals surface area contributed by atoms with E-state index in [1.54, 1.807) is 0 Å². The summed E-state index contributed by atoms with van der Waals surface area (Å²) in [6.07, 6.45) is 1.85. The molecular weight excluding hydrogens is 248 g/mol. The van der Waals surface area contributed by atoms with Crippen LogP contribution in [0, 0.1) is 0 Å². The average Bonchev–Trinajstić information content (AvgIpc) is 2.75. The molecule has 0 spiro atoms. The molecule has 0 atom stereocenters. The number of carbonyl (C=O) groups is 1. The first-order chi connectivity index (χ1) is 9.65. The van der Waals surface area contributed by atoms with E-state index in [1.807, 2.05) is 55.5 Å². The number of anilines is 1. The van der Waals surface area contributed by atoms with Gasteiger partial charge in [0.2, 0.25) is 0 Å². The molecule has 0 radical (unpaired) electrons. The van der Waals surface area contributed by atoms with Crippen LogP contribution in [0.25, 0.3) is 16.7 Å². The van der Waals surface area contributed by atoms with Crippen LogP contribution in [0.15, 0.2) is 54.7 Å². The van der Waals surface area contributed by atoms with E-state index < -0.39 is 0 Å². The van der Waals surface area contributed by atoms with Crippen molar-refractivity contribution in [2.75, 3.05) is 19.4 Å². The summed E-state index contributed by atoms with van der Waals surface area (Å²) < 4.78 is 0. The van der Waals surface area contributed by atoms with Gasteiger partial charge in [0.05, 0.1) is 5.57 Å². The summed E-state index contributed by atoms with van der Waals surface area (Å²) in [7, 11) is 3.83. The van der Waals surface area contributed by atoms with Gasteiger partial charge < -0.3 is 10.2 Å². The number of hydrogen-bond donors (Lipinski definition) is 1. The molecule has 0 saturated heterocycles. The second-order valence-electron chi connectivity index (χ2n) is 5.09. The molecule has 0 saturated carbocycles. The lowest BCUT2D eigenvalue weighted by atomic mass is 10.0. The Kier molecular flexibility index (Phi) is 3.03. The number of amides is 1. The minimum Gasteiger partial charge on any atom is -0.383 e. The van der Waals surface area contributed by atoms with Crippen molar-refractivity contribution in [2.24, 2.45) is 0 Å². The van der Waals surface area contributed by atoms with Gasteiger partial charge in [-0.1, -0.05) is 42.5 Å². The molecule has 0 aliphatic carbocycles. The summed E-state index contributed by atoms with van der Waals surface area (Å²) in [6, 6.07) is 16.2. The van der Waals surface area contributed by atoms with Crippen LogP contribution in [0.4, 0.5) is 5.69 Å². The van der Waals surface area contributed by atoms with Crippen LogP contribution >= 0.6 is 0 Å². The first-order valence-electron chi connectivity index (χ1n) is 6.54. The molecule has 1 heterocycles. The highest BCUT2D eigenvalue weighted by Gasteiger charge is 2.24. The number of rotatable bonds is 2. The normalized spacial score (nSPS) is 15.1. The highest BCUT2D eigenvalue weighted by atomic mass is 16.2. The Bertz CT molecular complexity index is 687. The molecular formula is C17H16N2O. The van der Waals surface area contributed by atoms with Crippen LogP contribution in [0.5, 0.6) is 0 Å². The summed E-state index contributed by atoms with van der Waals surface area (Å²) in [5.41, 5.74) is 4.81. The van der Waals surface area contributed by atoms with Crippen LogP contribution < -0.4 is 5.32 Å². The fourth-order valence-corrected chi connectivity index (χ4v) is 2.39. The molecule has 0 bridgehead atoms. The lowest BCUT2D eigenvalue weighted by Gasteiger charge is -2.07. The first-order valence-corrected chi connectivity index (χ1v) is 6.54. The third kappa shape index (κ3) is 2.18. The van der Waals surface area contributed by atoms with Crippen LogP contribution in [0.1, 0.15) is 5.56 Å². The van der Waals surface area contributed by atoms with Crippen molar-refractivity contribution in [3.05, 3.63) is 60.3 Å². The Morgan fingerprint density at radius 2 is 1.75 bits per heavy atom.